The van der Waals surface area contributed by atoms with Crippen molar-refractivity contribution >= 4 is 46.9 Å². The quantitative estimate of drug-likeness (QED) is 0.662. The number of halogens is 2. The van der Waals surface area contributed by atoms with E-state index in [-0.39, 0.29) is 41.5 Å². The predicted octanol–water partition coefficient (Wildman–Crippen LogP) is 1.25. The summed E-state index contributed by atoms with van der Waals surface area (Å²) in [6.45, 7) is 0.384. The topological polar surface area (TPSA) is 105 Å². The van der Waals surface area contributed by atoms with Gasteiger partial charge in [0.15, 0.2) is 0 Å². The fourth-order valence-electron chi connectivity index (χ4n) is 2.81. The number of nitrogens with one attached hydrogen (secondary N) is 2. The van der Waals surface area contributed by atoms with Gasteiger partial charge in [-0.05, 0) is 31.0 Å². The van der Waals surface area contributed by atoms with Crippen molar-refractivity contribution in [2.45, 2.75) is 12.8 Å². The Morgan fingerprint density at radius 3 is 2.39 bits per heavy atom. The Morgan fingerprint density at radius 1 is 1.11 bits per heavy atom. The molecule has 1 saturated heterocycles. The number of carbonyl (C=O) groups excluding carboxylic acids is 4. The highest BCUT2D eigenvalue weighted by Crippen LogP contribution is 2.21. The van der Waals surface area contributed by atoms with E-state index in [0.717, 1.165) is 0 Å². The van der Waals surface area contributed by atoms with Crippen LogP contribution in [0.3, 0.4) is 0 Å². The average Bonchev–Trinajstić information content (AvgIpc) is 2.69. The monoisotopic (exact) mass is 429 g/mol. The summed E-state index contributed by atoms with van der Waals surface area (Å²) in [5.74, 6) is -1.73. The minimum Gasteiger partial charge on any atom is -0.469 e. The smallest absolute Gasteiger partial charge is 0.308 e. The molecule has 0 bridgehead atoms. The van der Waals surface area contributed by atoms with E-state index in [1.54, 1.807) is 4.90 Å². The third kappa shape index (κ3) is 6.10. The maximum absolute atomic E-state index is 12.2. The number of hydrogen-bond acceptors (Lipinski definition) is 5. The molecule has 1 heterocycles. The number of methoxy groups -OCH3 is 1. The number of rotatable bonds is 6. The van der Waals surface area contributed by atoms with Crippen LogP contribution in [0.15, 0.2) is 18.2 Å². The molecule has 1 aromatic rings. The number of hydrogen-bond donors (Lipinski definition) is 2. The fourth-order valence-corrected chi connectivity index (χ4v) is 3.30. The Bertz CT molecular complexity index is 764. The molecule has 0 spiro atoms. The largest absolute Gasteiger partial charge is 0.469 e. The lowest BCUT2D eigenvalue weighted by Gasteiger charge is -2.30. The zero-order chi connectivity index (χ0) is 20.7. The van der Waals surface area contributed by atoms with E-state index < -0.39 is 11.8 Å². The third-order valence-corrected chi connectivity index (χ3v) is 4.95. The molecule has 0 aliphatic carbocycles. The van der Waals surface area contributed by atoms with E-state index in [0.29, 0.717) is 31.0 Å². The van der Waals surface area contributed by atoms with Crippen LogP contribution >= 0.6 is 23.2 Å². The van der Waals surface area contributed by atoms with Gasteiger partial charge in [0.25, 0.3) is 5.91 Å². The second-order valence-corrected chi connectivity index (χ2v) is 7.11. The van der Waals surface area contributed by atoms with Gasteiger partial charge in [-0.3, -0.25) is 19.2 Å². The number of nitrogens with zero attached hydrogens (tertiary/aromatic N) is 1. The van der Waals surface area contributed by atoms with E-state index >= 15 is 0 Å². The Balaban J connectivity index is 1.71. The van der Waals surface area contributed by atoms with E-state index in [4.69, 9.17) is 27.9 Å². The molecule has 2 rings (SSSR count). The van der Waals surface area contributed by atoms with Crippen molar-refractivity contribution < 1.29 is 23.9 Å². The molecular formula is C18H21Cl2N3O5. The average molecular weight is 430 g/mol. The lowest BCUT2D eigenvalue weighted by molar-refractivity contribution is -0.148. The molecule has 0 saturated carbocycles. The second kappa shape index (κ2) is 10.3. The number of likely N-dealkylation sites (tertiary alicyclic amines) is 1. The van der Waals surface area contributed by atoms with Gasteiger partial charge in [-0.25, -0.2) is 0 Å². The first-order chi connectivity index (χ1) is 13.3. The van der Waals surface area contributed by atoms with Crippen molar-refractivity contribution in [1.29, 1.82) is 0 Å². The molecule has 28 heavy (non-hydrogen) atoms. The Hall–Kier alpha value is -2.32. The van der Waals surface area contributed by atoms with Crippen molar-refractivity contribution in [3.8, 4) is 0 Å². The standard InChI is InChI=1S/C18H21Cl2N3O5/c1-28-18(27)11-4-6-23(7-5-11)16(25)10-21-15(24)9-22-17(26)13-3-2-12(19)8-14(13)20/h2-3,8,11H,4-7,9-10H2,1H3,(H,21,24)(H,22,26). The van der Waals surface area contributed by atoms with Crippen LogP contribution < -0.4 is 10.6 Å². The van der Waals surface area contributed by atoms with Crippen LogP contribution in [0.5, 0.6) is 0 Å². The fraction of sp³-hybridized carbons (Fsp3) is 0.444. The first kappa shape index (κ1) is 22.0. The summed E-state index contributed by atoms with van der Waals surface area (Å²) < 4.78 is 4.71. The van der Waals surface area contributed by atoms with Gasteiger partial charge >= 0.3 is 5.97 Å². The Kier molecular flexibility index (Phi) is 8.07. The highest BCUT2D eigenvalue weighted by Gasteiger charge is 2.27. The molecule has 10 heteroatoms. The van der Waals surface area contributed by atoms with E-state index in [1.807, 2.05) is 0 Å². The minimum absolute atomic E-state index is 0.177. The molecule has 0 aromatic heterocycles. The van der Waals surface area contributed by atoms with Gasteiger partial charge < -0.3 is 20.3 Å². The Labute approximate surface area is 172 Å². The van der Waals surface area contributed by atoms with Crippen LogP contribution in [0.25, 0.3) is 0 Å². The van der Waals surface area contributed by atoms with Crippen molar-refractivity contribution in [2.75, 3.05) is 33.3 Å². The Morgan fingerprint density at radius 2 is 1.79 bits per heavy atom. The van der Waals surface area contributed by atoms with Crippen molar-refractivity contribution in [1.82, 2.24) is 15.5 Å². The molecule has 3 amide bonds. The summed E-state index contributed by atoms with van der Waals surface area (Å²) in [6.07, 6.45) is 1.06. The molecule has 152 valence electrons. The molecule has 8 nitrogen and oxygen atoms in total. The van der Waals surface area contributed by atoms with Gasteiger partial charge in [-0.15, -0.1) is 0 Å². The summed E-state index contributed by atoms with van der Waals surface area (Å²) in [5.41, 5.74) is 0.198. The minimum atomic E-state index is -0.520. The second-order valence-electron chi connectivity index (χ2n) is 6.26. The SMILES string of the molecule is COC(=O)C1CCN(C(=O)CNC(=O)CNC(=O)c2ccc(Cl)cc2Cl)CC1. The van der Waals surface area contributed by atoms with Gasteiger partial charge in [-0.1, -0.05) is 23.2 Å². The highest BCUT2D eigenvalue weighted by atomic mass is 35.5. The van der Waals surface area contributed by atoms with Crippen LogP contribution in [0.1, 0.15) is 23.2 Å². The van der Waals surface area contributed by atoms with Crippen LogP contribution in [-0.4, -0.2) is 61.9 Å². The summed E-state index contributed by atoms with van der Waals surface area (Å²) in [6, 6.07) is 4.41. The number of ether oxygens (including phenoxy) is 1. The zero-order valence-corrected chi connectivity index (χ0v) is 16.8. The van der Waals surface area contributed by atoms with E-state index in [1.165, 1.54) is 25.3 Å². The maximum atomic E-state index is 12.2. The summed E-state index contributed by atoms with van der Waals surface area (Å²) in [7, 11) is 1.34. The van der Waals surface area contributed by atoms with Gasteiger partial charge in [0.05, 0.1) is 36.7 Å². The number of piperidine rings is 1. The number of amides is 3. The van der Waals surface area contributed by atoms with Gasteiger partial charge in [0.2, 0.25) is 11.8 Å². The van der Waals surface area contributed by atoms with Crippen LogP contribution in [-0.2, 0) is 19.1 Å². The van der Waals surface area contributed by atoms with E-state index in [2.05, 4.69) is 10.6 Å². The first-order valence-corrected chi connectivity index (χ1v) is 9.43. The van der Waals surface area contributed by atoms with Crippen molar-refractivity contribution in [2.24, 2.45) is 5.92 Å². The zero-order valence-electron chi connectivity index (χ0n) is 15.3. The summed E-state index contributed by atoms with van der Waals surface area (Å²) >= 11 is 11.7. The number of benzene rings is 1. The normalized spacial score (nSPS) is 14.3. The lowest BCUT2D eigenvalue weighted by Crippen LogP contribution is -2.46. The summed E-state index contributed by atoms with van der Waals surface area (Å²) in [5, 5.41) is 5.47. The van der Waals surface area contributed by atoms with Crippen molar-refractivity contribution in [3.63, 3.8) is 0 Å². The molecule has 1 aliphatic rings. The third-order valence-electron chi connectivity index (χ3n) is 4.40. The van der Waals surface area contributed by atoms with Crippen LogP contribution in [0.4, 0.5) is 0 Å². The molecule has 2 N–H and O–H groups in total. The molecule has 1 fully saturated rings. The molecular weight excluding hydrogens is 409 g/mol. The van der Waals surface area contributed by atoms with Gasteiger partial charge in [0.1, 0.15) is 0 Å². The molecule has 0 atom stereocenters. The highest BCUT2D eigenvalue weighted by molar-refractivity contribution is 6.36. The van der Waals surface area contributed by atoms with Crippen molar-refractivity contribution in [3.05, 3.63) is 33.8 Å². The maximum Gasteiger partial charge on any atom is 0.308 e. The first-order valence-electron chi connectivity index (χ1n) is 8.67. The van der Waals surface area contributed by atoms with E-state index in [9.17, 15) is 19.2 Å². The molecule has 0 unspecified atom stereocenters. The number of esters is 1. The van der Waals surface area contributed by atoms with Gasteiger partial charge in [0, 0.05) is 18.1 Å². The van der Waals surface area contributed by atoms with Crippen LogP contribution in [0.2, 0.25) is 10.0 Å². The van der Waals surface area contributed by atoms with Crippen LogP contribution in [0, 0.1) is 5.92 Å². The predicted molar refractivity (Wildman–Crippen MR) is 103 cm³/mol. The number of carbonyl (C=O) groups is 4. The molecule has 1 aromatic carbocycles. The summed E-state index contributed by atoms with van der Waals surface area (Å²) in [4.78, 5) is 49.2. The van der Waals surface area contributed by atoms with Gasteiger partial charge in [-0.2, -0.15) is 0 Å². The molecule has 0 radical (unpaired) electrons. The lowest BCUT2D eigenvalue weighted by atomic mass is 9.97. The molecule has 1 aliphatic heterocycles.